The van der Waals surface area contributed by atoms with Crippen LogP contribution in [0.25, 0.3) is 22.0 Å². The summed E-state index contributed by atoms with van der Waals surface area (Å²) in [5.41, 5.74) is 4.72. The van der Waals surface area contributed by atoms with Crippen LogP contribution in [0, 0.1) is 6.92 Å². The Labute approximate surface area is 158 Å². The number of rotatable bonds is 5. The van der Waals surface area contributed by atoms with Crippen molar-refractivity contribution in [3.8, 4) is 16.9 Å². The molecule has 0 atom stereocenters. The molecule has 1 aliphatic carbocycles. The normalized spacial score (nSPS) is 12.4. The molecule has 0 fully saturated rings. The molecule has 1 aliphatic rings. The lowest BCUT2D eigenvalue weighted by atomic mass is 10.0. The van der Waals surface area contributed by atoms with Crippen molar-refractivity contribution in [2.75, 3.05) is 39.6 Å². The summed E-state index contributed by atoms with van der Waals surface area (Å²) in [6, 6.07) is 7.70. The van der Waals surface area contributed by atoms with Crippen LogP contribution < -0.4 is 10.1 Å². The molecule has 0 spiro atoms. The van der Waals surface area contributed by atoms with E-state index >= 15 is 0 Å². The van der Waals surface area contributed by atoms with Gasteiger partial charge in [-0.15, -0.1) is 0 Å². The molecule has 138 valence electrons. The fourth-order valence-corrected chi connectivity index (χ4v) is 3.58. The molecule has 0 unspecified atom stereocenters. The van der Waals surface area contributed by atoms with Gasteiger partial charge in [-0.25, -0.2) is 4.98 Å². The molecule has 0 radical (unpaired) electrons. The van der Waals surface area contributed by atoms with Gasteiger partial charge >= 0.3 is 0 Å². The van der Waals surface area contributed by atoms with Crippen LogP contribution in [-0.2, 0) is 0 Å². The molecule has 6 heteroatoms. The minimum atomic E-state index is -0.0110. The Morgan fingerprint density at radius 3 is 2.70 bits per heavy atom. The standard InChI is InChI=1S/C21H22N4O2/c1-12-17-15(7-8-22-12)18-14-6-5-13(27-4)11-16(14)24-21(19(18)20(17)26)23-9-10-25(2)3/h5-8,11H,9-10H2,1-4H3,(H,23,24). The van der Waals surface area contributed by atoms with Gasteiger partial charge in [0.1, 0.15) is 11.6 Å². The number of fused-ring (bicyclic) bond motifs is 5. The van der Waals surface area contributed by atoms with E-state index < -0.39 is 0 Å². The molecule has 0 amide bonds. The molecule has 0 saturated heterocycles. The van der Waals surface area contributed by atoms with Gasteiger partial charge in [-0.1, -0.05) is 0 Å². The van der Waals surface area contributed by atoms with Crippen LogP contribution in [0.1, 0.15) is 21.6 Å². The van der Waals surface area contributed by atoms with Crippen LogP contribution in [0.4, 0.5) is 5.82 Å². The number of aromatic nitrogens is 2. The molecular formula is C21H22N4O2. The second kappa shape index (κ2) is 6.63. The quantitative estimate of drug-likeness (QED) is 0.588. The Balaban J connectivity index is 1.96. The van der Waals surface area contributed by atoms with Crippen molar-refractivity contribution in [3.63, 3.8) is 0 Å². The van der Waals surface area contributed by atoms with E-state index in [1.54, 1.807) is 13.3 Å². The van der Waals surface area contributed by atoms with Crippen molar-refractivity contribution in [2.24, 2.45) is 0 Å². The second-order valence-corrected chi connectivity index (χ2v) is 6.97. The number of hydrogen-bond acceptors (Lipinski definition) is 6. The average Bonchev–Trinajstić information content (AvgIpc) is 2.95. The molecule has 1 N–H and O–H groups in total. The fraction of sp³-hybridized carbons (Fsp3) is 0.286. The second-order valence-electron chi connectivity index (χ2n) is 6.97. The number of nitrogens with one attached hydrogen (secondary N) is 1. The molecule has 0 bridgehead atoms. The highest BCUT2D eigenvalue weighted by atomic mass is 16.5. The highest BCUT2D eigenvalue weighted by Crippen LogP contribution is 2.44. The van der Waals surface area contributed by atoms with Crippen molar-refractivity contribution in [1.82, 2.24) is 14.9 Å². The van der Waals surface area contributed by atoms with Crippen LogP contribution in [0.5, 0.6) is 5.75 Å². The van der Waals surface area contributed by atoms with Gasteiger partial charge in [0, 0.05) is 42.0 Å². The van der Waals surface area contributed by atoms with E-state index in [0.29, 0.717) is 23.5 Å². The molecule has 2 heterocycles. The summed E-state index contributed by atoms with van der Waals surface area (Å²) in [6.07, 6.45) is 1.76. The molecule has 3 aromatic rings. The summed E-state index contributed by atoms with van der Waals surface area (Å²) in [4.78, 5) is 24.4. The Kier molecular flexibility index (Phi) is 4.28. The Bertz CT molecular complexity index is 1060. The minimum absolute atomic E-state index is 0.0110. The van der Waals surface area contributed by atoms with E-state index in [-0.39, 0.29) is 5.78 Å². The lowest BCUT2D eigenvalue weighted by Gasteiger charge is -2.15. The molecule has 6 nitrogen and oxygen atoms in total. The third-order valence-electron chi connectivity index (χ3n) is 4.91. The number of methoxy groups -OCH3 is 1. The van der Waals surface area contributed by atoms with E-state index in [1.807, 2.05) is 45.3 Å². The average molecular weight is 362 g/mol. The number of carbonyl (C=O) groups is 1. The number of aryl methyl sites for hydroxylation is 1. The summed E-state index contributed by atoms with van der Waals surface area (Å²) in [6.45, 7) is 3.41. The molecule has 0 saturated carbocycles. The highest BCUT2D eigenvalue weighted by Gasteiger charge is 2.33. The summed E-state index contributed by atoms with van der Waals surface area (Å²) < 4.78 is 5.36. The number of ketones is 1. The lowest BCUT2D eigenvalue weighted by molar-refractivity contribution is 0.104. The highest BCUT2D eigenvalue weighted by molar-refractivity contribution is 6.28. The van der Waals surface area contributed by atoms with Crippen LogP contribution >= 0.6 is 0 Å². The first-order valence-electron chi connectivity index (χ1n) is 8.92. The predicted molar refractivity (Wildman–Crippen MR) is 107 cm³/mol. The zero-order valence-corrected chi connectivity index (χ0v) is 16.0. The van der Waals surface area contributed by atoms with Crippen LogP contribution in [-0.4, -0.2) is 54.9 Å². The summed E-state index contributed by atoms with van der Waals surface area (Å²) in [5.74, 6) is 1.35. The number of carbonyl (C=O) groups excluding carboxylic acids is 1. The Morgan fingerprint density at radius 1 is 1.15 bits per heavy atom. The fourth-order valence-electron chi connectivity index (χ4n) is 3.58. The van der Waals surface area contributed by atoms with Crippen molar-refractivity contribution in [3.05, 3.63) is 47.3 Å². The van der Waals surface area contributed by atoms with E-state index in [1.165, 1.54) is 0 Å². The van der Waals surface area contributed by atoms with Gasteiger partial charge in [0.05, 0.1) is 23.8 Å². The summed E-state index contributed by atoms with van der Waals surface area (Å²) >= 11 is 0. The van der Waals surface area contributed by atoms with Crippen LogP contribution in [0.2, 0.25) is 0 Å². The first-order chi connectivity index (χ1) is 13.0. The van der Waals surface area contributed by atoms with Gasteiger partial charge in [0.2, 0.25) is 0 Å². The monoisotopic (exact) mass is 362 g/mol. The molecule has 0 aliphatic heterocycles. The zero-order valence-electron chi connectivity index (χ0n) is 16.0. The van der Waals surface area contributed by atoms with E-state index in [2.05, 4.69) is 15.2 Å². The number of pyridine rings is 2. The van der Waals surface area contributed by atoms with Crippen molar-refractivity contribution < 1.29 is 9.53 Å². The van der Waals surface area contributed by atoms with Crippen molar-refractivity contribution in [2.45, 2.75) is 6.92 Å². The van der Waals surface area contributed by atoms with E-state index in [4.69, 9.17) is 9.72 Å². The number of benzene rings is 1. The summed E-state index contributed by atoms with van der Waals surface area (Å²) in [5, 5.41) is 4.30. The van der Waals surface area contributed by atoms with Crippen LogP contribution in [0.15, 0.2) is 30.5 Å². The number of nitrogens with zero attached hydrogens (tertiary/aromatic N) is 3. The maximum Gasteiger partial charge on any atom is 0.199 e. The van der Waals surface area contributed by atoms with Gasteiger partial charge in [0.15, 0.2) is 5.78 Å². The number of ether oxygens (including phenoxy) is 1. The lowest BCUT2D eigenvalue weighted by Crippen LogP contribution is -2.22. The maximum atomic E-state index is 13.2. The molecular weight excluding hydrogens is 340 g/mol. The smallest absolute Gasteiger partial charge is 0.199 e. The molecule has 2 aromatic heterocycles. The van der Waals surface area contributed by atoms with Gasteiger partial charge in [-0.2, -0.15) is 0 Å². The number of anilines is 1. The third-order valence-corrected chi connectivity index (χ3v) is 4.91. The van der Waals surface area contributed by atoms with Gasteiger partial charge in [-0.3, -0.25) is 9.78 Å². The maximum absolute atomic E-state index is 13.2. The van der Waals surface area contributed by atoms with Gasteiger partial charge in [0.25, 0.3) is 0 Å². The Morgan fingerprint density at radius 2 is 1.96 bits per heavy atom. The SMILES string of the molecule is COc1ccc2c3c(c(NCCN(C)C)nc2c1)C(=O)c1c-3ccnc1C. The minimum Gasteiger partial charge on any atom is -0.497 e. The number of hydrogen-bond donors (Lipinski definition) is 1. The number of likely N-dealkylation sites (N-methyl/N-ethyl adjacent to an activating group) is 1. The van der Waals surface area contributed by atoms with Gasteiger partial charge in [-0.05, 0) is 44.8 Å². The van der Waals surface area contributed by atoms with E-state index in [9.17, 15) is 4.79 Å². The molecule has 27 heavy (non-hydrogen) atoms. The zero-order chi connectivity index (χ0) is 19.1. The third kappa shape index (κ3) is 2.82. The van der Waals surface area contributed by atoms with Gasteiger partial charge < -0.3 is 15.0 Å². The van der Waals surface area contributed by atoms with E-state index in [0.717, 1.165) is 40.0 Å². The van der Waals surface area contributed by atoms with Crippen molar-refractivity contribution >= 4 is 22.5 Å². The van der Waals surface area contributed by atoms with Crippen LogP contribution in [0.3, 0.4) is 0 Å². The first-order valence-corrected chi connectivity index (χ1v) is 8.92. The van der Waals surface area contributed by atoms with Crippen molar-refractivity contribution in [1.29, 1.82) is 0 Å². The predicted octanol–water partition coefficient (Wildman–Crippen LogP) is 3.13. The molecule has 4 rings (SSSR count). The Hall–Kier alpha value is -2.99. The summed E-state index contributed by atoms with van der Waals surface area (Å²) in [7, 11) is 5.67. The molecule has 1 aromatic carbocycles. The topological polar surface area (TPSA) is 67.3 Å². The first kappa shape index (κ1) is 17.4. The largest absolute Gasteiger partial charge is 0.497 e.